The summed E-state index contributed by atoms with van der Waals surface area (Å²) in [6, 6.07) is 26.1. The van der Waals surface area contributed by atoms with E-state index in [0.29, 0.717) is 29.1 Å². The number of amides is 1. The van der Waals surface area contributed by atoms with Gasteiger partial charge >= 0.3 is 5.97 Å². The Kier molecular flexibility index (Phi) is 5.89. The average molecular weight is 411 g/mol. The summed E-state index contributed by atoms with van der Waals surface area (Å²) in [5.41, 5.74) is 4.03. The van der Waals surface area contributed by atoms with E-state index >= 15 is 0 Å². The van der Waals surface area contributed by atoms with Gasteiger partial charge in [0.1, 0.15) is 5.69 Å². The van der Waals surface area contributed by atoms with Crippen LogP contribution in [-0.4, -0.2) is 28.8 Å². The van der Waals surface area contributed by atoms with E-state index in [0.717, 1.165) is 11.1 Å². The number of carbonyl (C=O) groups is 2. The molecule has 1 amide bonds. The van der Waals surface area contributed by atoms with Crippen LogP contribution in [0.25, 0.3) is 11.3 Å². The molecule has 0 saturated heterocycles. The minimum atomic E-state index is -0.425. The fourth-order valence-electron chi connectivity index (χ4n) is 3.25. The van der Waals surface area contributed by atoms with Crippen LogP contribution in [0, 0.1) is 0 Å². The van der Waals surface area contributed by atoms with Crippen molar-refractivity contribution >= 4 is 17.6 Å². The molecule has 0 spiro atoms. The SMILES string of the molecule is COC(=O)c1ccc(NC(=O)c2cn(Cc3ccccc3)nc2-c2ccccc2)cc1. The summed E-state index contributed by atoms with van der Waals surface area (Å²) in [5, 5.41) is 7.57. The number of ether oxygens (including phenoxy) is 1. The first-order chi connectivity index (χ1) is 15.1. The summed E-state index contributed by atoms with van der Waals surface area (Å²) >= 11 is 0. The van der Waals surface area contributed by atoms with Gasteiger partial charge in [0, 0.05) is 17.4 Å². The zero-order chi connectivity index (χ0) is 21.6. The van der Waals surface area contributed by atoms with Crippen LogP contribution in [-0.2, 0) is 11.3 Å². The van der Waals surface area contributed by atoms with Crippen LogP contribution in [0.4, 0.5) is 5.69 Å². The van der Waals surface area contributed by atoms with Crippen molar-refractivity contribution in [3.8, 4) is 11.3 Å². The molecule has 0 aliphatic heterocycles. The van der Waals surface area contributed by atoms with Crippen molar-refractivity contribution in [2.75, 3.05) is 12.4 Å². The lowest BCUT2D eigenvalue weighted by Gasteiger charge is -2.06. The number of aromatic nitrogens is 2. The molecule has 0 fully saturated rings. The molecule has 154 valence electrons. The summed E-state index contributed by atoms with van der Waals surface area (Å²) in [5.74, 6) is -0.699. The van der Waals surface area contributed by atoms with Crippen molar-refractivity contribution in [2.45, 2.75) is 6.54 Å². The number of benzene rings is 3. The quantitative estimate of drug-likeness (QED) is 0.469. The number of hydrogen-bond donors (Lipinski definition) is 1. The van der Waals surface area contributed by atoms with E-state index in [-0.39, 0.29) is 5.91 Å². The van der Waals surface area contributed by atoms with E-state index in [1.165, 1.54) is 7.11 Å². The van der Waals surface area contributed by atoms with Crippen molar-refractivity contribution in [3.05, 3.63) is 108 Å². The van der Waals surface area contributed by atoms with Gasteiger partial charge in [0.15, 0.2) is 0 Å². The summed E-state index contributed by atoms with van der Waals surface area (Å²) in [6.07, 6.45) is 1.76. The van der Waals surface area contributed by atoms with Crippen LogP contribution in [0.5, 0.6) is 0 Å². The van der Waals surface area contributed by atoms with Crippen molar-refractivity contribution in [2.24, 2.45) is 0 Å². The number of rotatable bonds is 6. The second-order valence-corrected chi connectivity index (χ2v) is 6.96. The van der Waals surface area contributed by atoms with Gasteiger partial charge in [-0.1, -0.05) is 60.7 Å². The number of nitrogens with zero attached hydrogens (tertiary/aromatic N) is 2. The lowest BCUT2D eigenvalue weighted by Crippen LogP contribution is -2.12. The molecular formula is C25H21N3O3. The molecule has 0 aliphatic rings. The Hall–Kier alpha value is -4.19. The van der Waals surface area contributed by atoms with Crippen LogP contribution in [0.1, 0.15) is 26.3 Å². The van der Waals surface area contributed by atoms with Crippen LogP contribution in [0.15, 0.2) is 91.1 Å². The lowest BCUT2D eigenvalue weighted by atomic mass is 10.1. The minimum absolute atomic E-state index is 0.274. The van der Waals surface area contributed by atoms with E-state index in [1.54, 1.807) is 35.1 Å². The number of nitrogens with one attached hydrogen (secondary N) is 1. The van der Waals surface area contributed by atoms with Gasteiger partial charge in [-0.05, 0) is 29.8 Å². The van der Waals surface area contributed by atoms with Crippen molar-refractivity contribution in [1.82, 2.24) is 9.78 Å². The van der Waals surface area contributed by atoms with E-state index in [1.807, 2.05) is 60.7 Å². The Bertz CT molecular complexity index is 1180. The van der Waals surface area contributed by atoms with Crippen molar-refractivity contribution < 1.29 is 14.3 Å². The topological polar surface area (TPSA) is 73.2 Å². The molecule has 0 radical (unpaired) electrons. The van der Waals surface area contributed by atoms with Crippen LogP contribution in [0.3, 0.4) is 0 Å². The first-order valence-corrected chi connectivity index (χ1v) is 9.80. The molecule has 1 N–H and O–H groups in total. The third-order valence-corrected chi connectivity index (χ3v) is 4.80. The van der Waals surface area contributed by atoms with Crippen molar-refractivity contribution in [3.63, 3.8) is 0 Å². The highest BCUT2D eigenvalue weighted by Crippen LogP contribution is 2.24. The molecule has 0 atom stereocenters. The van der Waals surface area contributed by atoms with Gasteiger partial charge < -0.3 is 10.1 Å². The molecule has 6 nitrogen and oxygen atoms in total. The maximum absolute atomic E-state index is 13.1. The predicted octanol–water partition coefficient (Wildman–Crippen LogP) is 4.64. The number of esters is 1. The molecule has 31 heavy (non-hydrogen) atoms. The van der Waals surface area contributed by atoms with E-state index in [9.17, 15) is 9.59 Å². The Balaban J connectivity index is 1.62. The molecule has 0 bridgehead atoms. The Labute approximate surface area is 180 Å². The molecule has 3 aromatic carbocycles. The molecule has 1 heterocycles. The minimum Gasteiger partial charge on any atom is -0.465 e. The molecular weight excluding hydrogens is 390 g/mol. The van der Waals surface area contributed by atoms with Gasteiger partial charge in [0.2, 0.25) is 0 Å². The number of carbonyl (C=O) groups excluding carboxylic acids is 2. The molecule has 0 unspecified atom stereocenters. The summed E-state index contributed by atoms with van der Waals surface area (Å²) in [6.45, 7) is 0.557. The third-order valence-electron chi connectivity index (χ3n) is 4.80. The first kappa shape index (κ1) is 20.1. The van der Waals surface area contributed by atoms with Gasteiger partial charge in [-0.25, -0.2) is 4.79 Å². The Morgan fingerprint density at radius 3 is 2.19 bits per heavy atom. The van der Waals surface area contributed by atoms with Crippen LogP contribution < -0.4 is 5.32 Å². The fraction of sp³-hybridized carbons (Fsp3) is 0.0800. The summed E-state index contributed by atoms with van der Waals surface area (Å²) < 4.78 is 6.48. The van der Waals surface area contributed by atoms with E-state index < -0.39 is 5.97 Å². The van der Waals surface area contributed by atoms with E-state index in [4.69, 9.17) is 4.74 Å². The smallest absolute Gasteiger partial charge is 0.337 e. The van der Waals surface area contributed by atoms with E-state index in [2.05, 4.69) is 10.4 Å². The zero-order valence-electron chi connectivity index (χ0n) is 17.0. The third kappa shape index (κ3) is 4.70. The highest BCUT2D eigenvalue weighted by molar-refractivity contribution is 6.08. The largest absolute Gasteiger partial charge is 0.465 e. The molecule has 0 aliphatic carbocycles. The lowest BCUT2D eigenvalue weighted by molar-refractivity contribution is 0.0600. The number of hydrogen-bond acceptors (Lipinski definition) is 4. The Morgan fingerprint density at radius 1 is 0.903 bits per heavy atom. The standard InChI is InChI=1S/C25H21N3O3/c1-31-25(30)20-12-14-21(15-13-20)26-24(29)22-17-28(16-18-8-4-2-5-9-18)27-23(22)19-10-6-3-7-11-19/h2-15,17H,16H2,1H3,(H,26,29). The Morgan fingerprint density at radius 2 is 1.55 bits per heavy atom. The highest BCUT2D eigenvalue weighted by atomic mass is 16.5. The molecule has 0 saturated carbocycles. The fourth-order valence-corrected chi connectivity index (χ4v) is 3.25. The molecule has 6 heteroatoms. The molecule has 1 aromatic heterocycles. The average Bonchev–Trinajstić information content (AvgIpc) is 3.24. The van der Waals surface area contributed by atoms with Gasteiger partial charge in [0.05, 0.1) is 24.8 Å². The number of anilines is 1. The molecule has 4 rings (SSSR count). The first-order valence-electron chi connectivity index (χ1n) is 9.80. The van der Waals surface area contributed by atoms with Gasteiger partial charge in [-0.3, -0.25) is 9.48 Å². The van der Waals surface area contributed by atoms with Gasteiger partial charge in [0.25, 0.3) is 5.91 Å². The predicted molar refractivity (Wildman–Crippen MR) is 119 cm³/mol. The second-order valence-electron chi connectivity index (χ2n) is 6.96. The van der Waals surface area contributed by atoms with Gasteiger partial charge in [-0.2, -0.15) is 5.10 Å². The maximum Gasteiger partial charge on any atom is 0.337 e. The monoisotopic (exact) mass is 411 g/mol. The highest BCUT2D eigenvalue weighted by Gasteiger charge is 2.18. The van der Waals surface area contributed by atoms with Crippen LogP contribution in [0.2, 0.25) is 0 Å². The van der Waals surface area contributed by atoms with Gasteiger partial charge in [-0.15, -0.1) is 0 Å². The summed E-state index contributed by atoms with van der Waals surface area (Å²) in [7, 11) is 1.33. The van der Waals surface area contributed by atoms with Crippen molar-refractivity contribution in [1.29, 1.82) is 0 Å². The molecule has 4 aromatic rings. The second kappa shape index (κ2) is 9.09. The van der Waals surface area contributed by atoms with Crippen LogP contribution >= 0.6 is 0 Å². The zero-order valence-corrected chi connectivity index (χ0v) is 17.0. The summed E-state index contributed by atoms with van der Waals surface area (Å²) in [4.78, 5) is 24.7. The number of methoxy groups -OCH3 is 1. The normalized spacial score (nSPS) is 10.5. The maximum atomic E-state index is 13.1.